The Kier molecular flexibility index (Phi) is 3.30. The van der Waals surface area contributed by atoms with Gasteiger partial charge >= 0.3 is 0 Å². The van der Waals surface area contributed by atoms with Crippen LogP contribution in [-0.2, 0) is 11.2 Å². The fourth-order valence-corrected chi connectivity index (χ4v) is 6.32. The first-order valence-corrected chi connectivity index (χ1v) is 9.61. The molecule has 1 aromatic carbocycles. The van der Waals surface area contributed by atoms with E-state index in [2.05, 4.69) is 22.4 Å². The van der Waals surface area contributed by atoms with E-state index in [0.29, 0.717) is 24.8 Å². The number of hydrogen-bond donors (Lipinski definition) is 3. The van der Waals surface area contributed by atoms with Gasteiger partial charge in [-0.25, -0.2) is 0 Å². The molecular weight excluding hydrogens is 312 g/mol. The molecule has 0 radical (unpaired) electrons. The third-order valence-electron chi connectivity index (χ3n) is 6.87. The predicted molar refractivity (Wildman–Crippen MR) is 97.1 cm³/mol. The van der Waals surface area contributed by atoms with Crippen LogP contribution in [0.5, 0.6) is 0 Å². The lowest BCUT2D eigenvalue weighted by Crippen LogP contribution is -2.60. The Morgan fingerprint density at radius 2 is 1.96 bits per heavy atom. The highest BCUT2D eigenvalue weighted by Crippen LogP contribution is 2.61. The highest BCUT2D eigenvalue weighted by Gasteiger charge is 2.59. The lowest BCUT2D eigenvalue weighted by atomic mass is 9.47. The Morgan fingerprint density at radius 1 is 1.20 bits per heavy atom. The fraction of sp³-hybridized carbons (Fsp3) is 0.571. The number of nitrogens with one attached hydrogen (secondary N) is 2. The summed E-state index contributed by atoms with van der Waals surface area (Å²) in [5.74, 6) is 1.27. The number of H-pyrrole nitrogens is 1. The van der Waals surface area contributed by atoms with E-state index >= 15 is 0 Å². The summed E-state index contributed by atoms with van der Waals surface area (Å²) < 4.78 is 0. The number of hydrogen-bond acceptors (Lipinski definition) is 2. The van der Waals surface area contributed by atoms with Gasteiger partial charge in [0.15, 0.2) is 0 Å². The molecule has 4 fully saturated rings. The van der Waals surface area contributed by atoms with Crippen LogP contribution >= 0.6 is 0 Å². The van der Waals surface area contributed by atoms with Gasteiger partial charge in [0.2, 0.25) is 5.91 Å². The largest absolute Gasteiger partial charge is 0.390 e. The minimum absolute atomic E-state index is 0.180. The van der Waals surface area contributed by atoms with E-state index in [1.807, 2.05) is 18.3 Å². The average Bonchev–Trinajstić information content (AvgIpc) is 2.96. The first kappa shape index (κ1) is 15.4. The Morgan fingerprint density at radius 3 is 2.72 bits per heavy atom. The SMILES string of the molecule is O=C(NCCc1c[nH]c2ccccc12)C12C[C@@H]3C[C@@H](CC(O)(C3)C1)C2. The van der Waals surface area contributed by atoms with Gasteiger partial charge < -0.3 is 15.4 Å². The minimum atomic E-state index is -0.571. The first-order valence-electron chi connectivity index (χ1n) is 9.61. The van der Waals surface area contributed by atoms with Crippen LogP contribution in [0.3, 0.4) is 0 Å². The molecule has 4 atom stereocenters. The zero-order valence-corrected chi connectivity index (χ0v) is 14.6. The average molecular weight is 338 g/mol. The first-order chi connectivity index (χ1) is 12.1. The molecule has 1 aromatic heterocycles. The number of fused-ring (bicyclic) bond motifs is 1. The summed E-state index contributed by atoms with van der Waals surface area (Å²) in [7, 11) is 0. The van der Waals surface area contributed by atoms with Crippen LogP contribution in [-0.4, -0.2) is 28.1 Å². The highest BCUT2D eigenvalue weighted by molar-refractivity contribution is 5.84. The molecule has 0 saturated heterocycles. The number of carbonyl (C=O) groups excluding carboxylic acids is 1. The van der Waals surface area contributed by atoms with Crippen LogP contribution in [0.2, 0.25) is 0 Å². The number of para-hydroxylation sites is 1. The van der Waals surface area contributed by atoms with Crippen LogP contribution < -0.4 is 5.32 Å². The molecule has 25 heavy (non-hydrogen) atoms. The van der Waals surface area contributed by atoms with Gasteiger partial charge in [0.05, 0.1) is 11.0 Å². The number of amides is 1. The van der Waals surface area contributed by atoms with Gasteiger partial charge in [-0.3, -0.25) is 4.79 Å². The Bertz CT molecular complexity index is 810. The van der Waals surface area contributed by atoms with Crippen molar-refractivity contribution in [1.82, 2.24) is 10.3 Å². The summed E-state index contributed by atoms with van der Waals surface area (Å²) >= 11 is 0. The maximum absolute atomic E-state index is 13.0. The van der Waals surface area contributed by atoms with Crippen molar-refractivity contribution >= 4 is 16.8 Å². The molecule has 4 bridgehead atoms. The monoisotopic (exact) mass is 338 g/mol. The van der Waals surface area contributed by atoms with E-state index in [4.69, 9.17) is 0 Å². The molecule has 2 unspecified atom stereocenters. The molecule has 4 heteroatoms. The Balaban J connectivity index is 1.27. The van der Waals surface area contributed by atoms with Crippen molar-refractivity contribution in [3.05, 3.63) is 36.0 Å². The standard InChI is InChI=1S/C21H26N2O2/c24-19(20-8-14-7-15(9-20)11-21(25,10-14)13-20)22-6-5-16-12-23-18-4-2-1-3-17(16)18/h1-4,12,14-15,23,25H,5-11,13H2,(H,22,24)/t14-,15+,20?,21?. The van der Waals surface area contributed by atoms with E-state index in [1.54, 1.807) is 0 Å². The molecule has 2 aromatic rings. The second-order valence-electron chi connectivity index (χ2n) is 8.83. The molecule has 4 saturated carbocycles. The Labute approximate surface area is 148 Å². The van der Waals surface area contributed by atoms with Crippen molar-refractivity contribution in [3.8, 4) is 0 Å². The van der Waals surface area contributed by atoms with Crippen LogP contribution in [0.4, 0.5) is 0 Å². The third kappa shape index (κ3) is 2.50. The van der Waals surface area contributed by atoms with Gasteiger partial charge in [-0.1, -0.05) is 18.2 Å². The second kappa shape index (κ2) is 5.34. The molecule has 132 valence electrons. The van der Waals surface area contributed by atoms with E-state index < -0.39 is 5.60 Å². The zero-order chi connectivity index (χ0) is 17.1. The van der Waals surface area contributed by atoms with Crippen LogP contribution in [0, 0.1) is 17.3 Å². The van der Waals surface area contributed by atoms with Crippen molar-refractivity contribution in [3.63, 3.8) is 0 Å². The van der Waals surface area contributed by atoms with Crippen molar-refractivity contribution in [2.24, 2.45) is 17.3 Å². The highest BCUT2D eigenvalue weighted by atomic mass is 16.3. The van der Waals surface area contributed by atoms with Gasteiger partial charge in [-0.2, -0.15) is 0 Å². The van der Waals surface area contributed by atoms with Crippen molar-refractivity contribution in [1.29, 1.82) is 0 Å². The molecule has 6 rings (SSSR count). The van der Waals surface area contributed by atoms with E-state index in [-0.39, 0.29) is 11.3 Å². The number of aromatic amines is 1. The summed E-state index contributed by atoms with van der Waals surface area (Å²) in [5, 5.41) is 15.3. The number of benzene rings is 1. The van der Waals surface area contributed by atoms with Crippen LogP contribution in [0.1, 0.15) is 44.1 Å². The smallest absolute Gasteiger partial charge is 0.226 e. The number of aromatic nitrogens is 1. The number of rotatable bonds is 4. The zero-order valence-electron chi connectivity index (χ0n) is 14.6. The number of aliphatic hydroxyl groups is 1. The summed E-state index contributed by atoms with van der Waals surface area (Å²) in [5.41, 5.74) is 1.52. The summed E-state index contributed by atoms with van der Waals surface area (Å²) in [6.45, 7) is 0.663. The lowest BCUT2D eigenvalue weighted by molar-refractivity contribution is -0.178. The maximum Gasteiger partial charge on any atom is 0.226 e. The third-order valence-corrected chi connectivity index (χ3v) is 6.87. The minimum Gasteiger partial charge on any atom is -0.390 e. The number of carbonyl (C=O) groups is 1. The summed E-state index contributed by atoms with van der Waals surface area (Å²) in [6.07, 6.45) is 8.54. The van der Waals surface area contributed by atoms with Crippen LogP contribution in [0.15, 0.2) is 30.5 Å². The van der Waals surface area contributed by atoms with Gasteiger partial charge in [0.25, 0.3) is 0 Å². The molecule has 3 N–H and O–H groups in total. The normalized spacial score (nSPS) is 36.0. The van der Waals surface area contributed by atoms with Gasteiger partial charge in [-0.15, -0.1) is 0 Å². The molecule has 4 aliphatic carbocycles. The molecule has 0 aliphatic heterocycles. The molecule has 1 heterocycles. The van der Waals surface area contributed by atoms with E-state index in [0.717, 1.165) is 37.6 Å². The van der Waals surface area contributed by atoms with Gasteiger partial charge in [-0.05, 0) is 68.4 Å². The van der Waals surface area contributed by atoms with Crippen molar-refractivity contribution in [2.75, 3.05) is 6.54 Å². The van der Waals surface area contributed by atoms with E-state index in [1.165, 1.54) is 17.4 Å². The van der Waals surface area contributed by atoms with Crippen molar-refractivity contribution in [2.45, 2.75) is 50.5 Å². The van der Waals surface area contributed by atoms with E-state index in [9.17, 15) is 9.90 Å². The molecule has 1 amide bonds. The molecule has 4 aliphatic rings. The Hall–Kier alpha value is -1.81. The van der Waals surface area contributed by atoms with Gasteiger partial charge in [0, 0.05) is 23.6 Å². The van der Waals surface area contributed by atoms with Crippen LogP contribution in [0.25, 0.3) is 10.9 Å². The quantitative estimate of drug-likeness (QED) is 0.802. The molecular formula is C21H26N2O2. The topological polar surface area (TPSA) is 65.1 Å². The molecule has 4 nitrogen and oxygen atoms in total. The van der Waals surface area contributed by atoms with Gasteiger partial charge in [0.1, 0.15) is 0 Å². The maximum atomic E-state index is 13.0. The summed E-state index contributed by atoms with van der Waals surface area (Å²) in [6, 6.07) is 8.28. The summed E-state index contributed by atoms with van der Waals surface area (Å²) in [4.78, 5) is 16.3. The lowest BCUT2D eigenvalue weighted by Gasteiger charge is -2.59. The molecule has 0 spiro atoms. The fourth-order valence-electron chi connectivity index (χ4n) is 6.32. The van der Waals surface area contributed by atoms with Crippen molar-refractivity contribution < 1.29 is 9.90 Å². The predicted octanol–water partition coefficient (Wildman–Crippen LogP) is 3.16. The second-order valence-corrected chi connectivity index (χ2v) is 8.83.